The van der Waals surface area contributed by atoms with E-state index in [2.05, 4.69) is 9.97 Å². The highest BCUT2D eigenvalue weighted by Gasteiger charge is 2.15. The van der Waals surface area contributed by atoms with Gasteiger partial charge in [-0.1, -0.05) is 0 Å². The second-order valence-corrected chi connectivity index (χ2v) is 6.56. The van der Waals surface area contributed by atoms with Crippen LogP contribution in [0.1, 0.15) is 19.3 Å². The molecule has 24 heavy (non-hydrogen) atoms. The zero-order valence-electron chi connectivity index (χ0n) is 14.0. The molecule has 3 heterocycles. The van der Waals surface area contributed by atoms with Crippen LogP contribution in [0.3, 0.4) is 0 Å². The summed E-state index contributed by atoms with van der Waals surface area (Å²) in [5.74, 6) is 0.767. The van der Waals surface area contributed by atoms with Crippen LogP contribution in [-0.4, -0.2) is 41.3 Å². The summed E-state index contributed by atoms with van der Waals surface area (Å²) < 4.78 is 6.98. The number of hydrogen-bond acceptors (Lipinski definition) is 3. The molecule has 1 aliphatic rings. The number of rotatable bonds is 4. The SMILES string of the molecule is COc1ccc2c(c1)[nH]c1c(=O)n(CC[NH+]3CCCCC3)cnc12. The predicted octanol–water partition coefficient (Wildman–Crippen LogP) is 0.955. The summed E-state index contributed by atoms with van der Waals surface area (Å²) in [6, 6.07) is 5.74. The fourth-order valence-electron chi connectivity index (χ4n) is 3.64. The molecule has 1 saturated heterocycles. The van der Waals surface area contributed by atoms with Crippen molar-refractivity contribution in [1.29, 1.82) is 0 Å². The Balaban J connectivity index is 1.66. The topological polar surface area (TPSA) is 64.3 Å². The molecule has 6 nitrogen and oxygen atoms in total. The van der Waals surface area contributed by atoms with E-state index >= 15 is 0 Å². The molecule has 2 aromatic heterocycles. The molecule has 0 bridgehead atoms. The van der Waals surface area contributed by atoms with Gasteiger partial charge in [-0.3, -0.25) is 9.36 Å². The molecule has 4 rings (SSSR count). The molecular weight excluding hydrogens is 304 g/mol. The summed E-state index contributed by atoms with van der Waals surface area (Å²) in [7, 11) is 1.64. The van der Waals surface area contributed by atoms with Gasteiger partial charge in [-0.05, 0) is 31.4 Å². The zero-order valence-corrected chi connectivity index (χ0v) is 14.0. The van der Waals surface area contributed by atoms with Gasteiger partial charge in [0.2, 0.25) is 0 Å². The van der Waals surface area contributed by atoms with Crippen molar-refractivity contribution in [3.8, 4) is 5.75 Å². The standard InChI is InChI=1S/C18H22N4O2/c1-24-13-5-6-14-15(11-13)20-17-16(14)19-12-22(18(17)23)10-9-21-7-3-2-4-8-21/h5-6,11-12,20H,2-4,7-10H2,1H3/p+1. The second-order valence-electron chi connectivity index (χ2n) is 6.56. The number of hydrogen-bond donors (Lipinski definition) is 2. The number of methoxy groups -OCH3 is 1. The van der Waals surface area contributed by atoms with Crippen LogP contribution in [0.2, 0.25) is 0 Å². The Labute approximate surface area is 140 Å². The van der Waals surface area contributed by atoms with E-state index in [1.807, 2.05) is 18.2 Å². The molecule has 2 N–H and O–H groups in total. The molecule has 0 spiro atoms. The number of likely N-dealkylation sites (tertiary alicyclic amines) is 1. The van der Waals surface area contributed by atoms with Crippen LogP contribution in [0.4, 0.5) is 0 Å². The maximum absolute atomic E-state index is 12.8. The Morgan fingerprint density at radius 3 is 2.92 bits per heavy atom. The van der Waals surface area contributed by atoms with E-state index in [1.54, 1.807) is 22.9 Å². The molecule has 1 fully saturated rings. The average Bonchev–Trinajstić information content (AvgIpc) is 3.00. The molecule has 1 aromatic carbocycles. The minimum atomic E-state index is 0.00609. The highest BCUT2D eigenvalue weighted by atomic mass is 16.5. The van der Waals surface area contributed by atoms with Crippen LogP contribution in [-0.2, 0) is 6.54 Å². The Bertz CT molecular complexity index is 922. The quantitative estimate of drug-likeness (QED) is 0.750. The summed E-state index contributed by atoms with van der Waals surface area (Å²) in [4.78, 5) is 22.1. The van der Waals surface area contributed by atoms with Gasteiger partial charge in [0.1, 0.15) is 16.8 Å². The fraction of sp³-hybridized carbons (Fsp3) is 0.444. The van der Waals surface area contributed by atoms with Gasteiger partial charge in [0.15, 0.2) is 0 Å². The Morgan fingerprint density at radius 2 is 2.12 bits per heavy atom. The van der Waals surface area contributed by atoms with E-state index in [0.717, 1.165) is 35.3 Å². The van der Waals surface area contributed by atoms with Crippen LogP contribution < -0.4 is 15.2 Å². The van der Waals surface area contributed by atoms with E-state index in [4.69, 9.17) is 4.74 Å². The van der Waals surface area contributed by atoms with Crippen molar-refractivity contribution in [1.82, 2.24) is 14.5 Å². The minimum Gasteiger partial charge on any atom is -0.497 e. The highest BCUT2D eigenvalue weighted by molar-refractivity contribution is 6.04. The van der Waals surface area contributed by atoms with E-state index in [0.29, 0.717) is 5.52 Å². The number of aromatic nitrogens is 3. The van der Waals surface area contributed by atoms with Crippen molar-refractivity contribution in [2.24, 2.45) is 0 Å². The fourth-order valence-corrected chi connectivity index (χ4v) is 3.64. The van der Waals surface area contributed by atoms with Crippen molar-refractivity contribution >= 4 is 21.9 Å². The monoisotopic (exact) mass is 327 g/mol. The third-order valence-electron chi connectivity index (χ3n) is 5.05. The third-order valence-corrected chi connectivity index (χ3v) is 5.05. The third kappa shape index (κ3) is 2.67. The number of piperidine rings is 1. The number of ether oxygens (including phenoxy) is 1. The van der Waals surface area contributed by atoms with Crippen LogP contribution >= 0.6 is 0 Å². The van der Waals surface area contributed by atoms with E-state index in [-0.39, 0.29) is 5.56 Å². The molecule has 6 heteroatoms. The summed E-state index contributed by atoms with van der Waals surface area (Å²) in [6.07, 6.45) is 5.62. The molecule has 0 unspecified atom stereocenters. The Morgan fingerprint density at radius 1 is 1.29 bits per heavy atom. The van der Waals surface area contributed by atoms with E-state index < -0.39 is 0 Å². The van der Waals surface area contributed by atoms with Gasteiger partial charge in [0.05, 0.1) is 45.1 Å². The average molecular weight is 327 g/mol. The van der Waals surface area contributed by atoms with Crippen molar-refractivity contribution in [2.45, 2.75) is 25.8 Å². The smallest absolute Gasteiger partial charge is 0.277 e. The molecule has 0 aliphatic carbocycles. The first-order valence-electron chi connectivity index (χ1n) is 8.65. The van der Waals surface area contributed by atoms with E-state index in [9.17, 15) is 4.79 Å². The molecule has 3 aromatic rings. The molecule has 0 amide bonds. The predicted molar refractivity (Wildman–Crippen MR) is 93.8 cm³/mol. The number of aromatic amines is 1. The first-order chi connectivity index (χ1) is 11.8. The van der Waals surface area contributed by atoms with Crippen LogP contribution in [0.5, 0.6) is 5.75 Å². The molecule has 1 aliphatic heterocycles. The lowest BCUT2D eigenvalue weighted by atomic mass is 10.1. The number of nitrogens with one attached hydrogen (secondary N) is 2. The highest BCUT2D eigenvalue weighted by Crippen LogP contribution is 2.25. The van der Waals surface area contributed by atoms with Crippen LogP contribution in [0.25, 0.3) is 21.9 Å². The Hall–Kier alpha value is -2.34. The van der Waals surface area contributed by atoms with Crippen molar-refractivity contribution in [3.63, 3.8) is 0 Å². The maximum atomic E-state index is 12.8. The van der Waals surface area contributed by atoms with Crippen LogP contribution in [0, 0.1) is 0 Å². The van der Waals surface area contributed by atoms with Crippen LogP contribution in [0.15, 0.2) is 29.3 Å². The number of H-pyrrole nitrogens is 1. The zero-order chi connectivity index (χ0) is 16.5. The lowest BCUT2D eigenvalue weighted by molar-refractivity contribution is -0.905. The van der Waals surface area contributed by atoms with Gasteiger partial charge >= 0.3 is 0 Å². The second kappa shape index (κ2) is 6.28. The van der Waals surface area contributed by atoms with Crippen molar-refractivity contribution in [3.05, 3.63) is 34.9 Å². The van der Waals surface area contributed by atoms with Gasteiger partial charge in [0, 0.05) is 11.5 Å². The first kappa shape index (κ1) is 15.2. The summed E-state index contributed by atoms with van der Waals surface area (Å²) in [5.41, 5.74) is 2.20. The van der Waals surface area contributed by atoms with Gasteiger partial charge in [-0.2, -0.15) is 0 Å². The first-order valence-corrected chi connectivity index (χ1v) is 8.65. The number of fused-ring (bicyclic) bond motifs is 3. The summed E-state index contributed by atoms with van der Waals surface area (Å²) >= 11 is 0. The lowest BCUT2D eigenvalue weighted by Crippen LogP contribution is -3.13. The summed E-state index contributed by atoms with van der Waals surface area (Å²) in [6.45, 7) is 4.14. The number of benzene rings is 1. The molecule has 0 radical (unpaired) electrons. The maximum Gasteiger partial charge on any atom is 0.277 e. The number of nitrogens with zero attached hydrogens (tertiary/aromatic N) is 2. The lowest BCUT2D eigenvalue weighted by Gasteiger charge is -2.23. The van der Waals surface area contributed by atoms with Gasteiger partial charge in [0.25, 0.3) is 5.56 Å². The van der Waals surface area contributed by atoms with Gasteiger partial charge in [-0.25, -0.2) is 4.98 Å². The van der Waals surface area contributed by atoms with Crippen molar-refractivity contribution in [2.75, 3.05) is 26.7 Å². The molecule has 0 atom stereocenters. The van der Waals surface area contributed by atoms with Gasteiger partial charge in [-0.15, -0.1) is 0 Å². The molecular formula is C18H23N4O2+. The minimum absolute atomic E-state index is 0.00609. The molecule has 126 valence electrons. The molecule has 0 saturated carbocycles. The summed E-state index contributed by atoms with van der Waals surface area (Å²) in [5, 5.41) is 0.955. The normalized spacial score (nSPS) is 16.0. The van der Waals surface area contributed by atoms with E-state index in [1.165, 1.54) is 32.4 Å². The Kier molecular flexibility index (Phi) is 3.98. The van der Waals surface area contributed by atoms with Crippen molar-refractivity contribution < 1.29 is 9.64 Å². The number of quaternary nitrogens is 1. The van der Waals surface area contributed by atoms with Gasteiger partial charge < -0.3 is 14.6 Å². The largest absolute Gasteiger partial charge is 0.497 e.